The molecule has 1 aliphatic rings. The number of piperidine rings is 1. The number of esters is 1. The minimum Gasteiger partial charge on any atom is -0.492 e. The first-order chi connectivity index (χ1) is 15.3. The van der Waals surface area contributed by atoms with Crippen molar-refractivity contribution in [2.75, 3.05) is 38.4 Å². The zero-order chi connectivity index (χ0) is 23.4. The third-order valence-corrected chi connectivity index (χ3v) is 5.37. The first-order valence-corrected chi connectivity index (χ1v) is 10.1. The van der Waals surface area contributed by atoms with E-state index >= 15 is 4.39 Å². The van der Waals surface area contributed by atoms with Gasteiger partial charge < -0.3 is 28.8 Å². The number of methoxy groups -OCH3 is 1. The fourth-order valence-corrected chi connectivity index (χ4v) is 3.98. The molecule has 3 rings (SSSR count). The van der Waals surface area contributed by atoms with Gasteiger partial charge in [0.1, 0.15) is 12.4 Å². The lowest BCUT2D eigenvalue weighted by atomic mass is 9.96. The zero-order valence-corrected chi connectivity index (χ0v) is 17.7. The van der Waals surface area contributed by atoms with Gasteiger partial charge in [-0.05, 0) is 25.8 Å². The molecule has 0 bridgehead atoms. The van der Waals surface area contributed by atoms with Crippen molar-refractivity contribution in [1.82, 2.24) is 4.57 Å². The van der Waals surface area contributed by atoms with E-state index in [0.29, 0.717) is 25.9 Å². The highest BCUT2D eigenvalue weighted by Crippen LogP contribution is 2.40. The van der Waals surface area contributed by atoms with Crippen LogP contribution in [0.1, 0.15) is 19.8 Å². The summed E-state index contributed by atoms with van der Waals surface area (Å²) >= 11 is 0. The van der Waals surface area contributed by atoms with Gasteiger partial charge in [-0.2, -0.15) is 0 Å². The second kappa shape index (κ2) is 9.84. The van der Waals surface area contributed by atoms with Gasteiger partial charge in [-0.1, -0.05) is 0 Å². The Kier molecular flexibility index (Phi) is 7.16. The van der Waals surface area contributed by atoms with Gasteiger partial charge >= 0.3 is 12.1 Å². The first-order valence-electron chi connectivity index (χ1n) is 10.1. The lowest BCUT2D eigenvalue weighted by molar-refractivity contribution is -0.148. The summed E-state index contributed by atoms with van der Waals surface area (Å²) in [5.74, 6) is -1.90. The number of benzene rings is 1. The van der Waals surface area contributed by atoms with Crippen LogP contribution in [0.15, 0.2) is 17.1 Å². The highest BCUT2D eigenvalue weighted by atomic mass is 19.1. The largest absolute Gasteiger partial charge is 0.511 e. The van der Waals surface area contributed by atoms with Crippen LogP contribution in [0.3, 0.4) is 0 Å². The Labute approximate surface area is 182 Å². The number of hydrogen-bond acceptors (Lipinski definition) is 7. The summed E-state index contributed by atoms with van der Waals surface area (Å²) in [6.45, 7) is 1.63. The molecule has 0 atom stereocenters. The van der Waals surface area contributed by atoms with Crippen LogP contribution >= 0.6 is 0 Å². The molecule has 0 radical (unpaired) electrons. The lowest BCUT2D eigenvalue weighted by Gasteiger charge is -2.34. The van der Waals surface area contributed by atoms with Gasteiger partial charge in [-0.15, -0.1) is 0 Å². The Morgan fingerprint density at radius 3 is 2.53 bits per heavy atom. The molecule has 0 unspecified atom stereocenters. The molecular formula is C21H24F2N2O7. The summed E-state index contributed by atoms with van der Waals surface area (Å²) in [5, 5.41) is 8.67. The standard InChI is InChI=1S/C21H24F2N2O7/c1-3-31-20(27)12-4-7-24(8-5-12)17-14(23)10-13-16(19(17)30-2)25(9-6-22)11-15(18(13)26)32-21(28)29/h10-12H,3-9H2,1-2H3,(H,28,29). The van der Waals surface area contributed by atoms with Crippen molar-refractivity contribution < 1.29 is 37.7 Å². The monoisotopic (exact) mass is 454 g/mol. The Hall–Kier alpha value is -3.37. The normalized spacial score (nSPS) is 14.4. The fraction of sp³-hybridized carbons (Fsp3) is 0.476. The number of rotatable bonds is 7. The van der Waals surface area contributed by atoms with Crippen LogP contribution in [0.25, 0.3) is 10.9 Å². The maximum Gasteiger partial charge on any atom is 0.511 e. The molecule has 2 aromatic rings. The van der Waals surface area contributed by atoms with E-state index in [-0.39, 0.29) is 47.4 Å². The van der Waals surface area contributed by atoms with Gasteiger partial charge in [0.15, 0.2) is 17.3 Å². The molecule has 0 spiro atoms. The zero-order valence-electron chi connectivity index (χ0n) is 17.7. The van der Waals surface area contributed by atoms with Gasteiger partial charge in [0.25, 0.3) is 0 Å². The number of nitrogens with zero attached hydrogens (tertiary/aromatic N) is 2. The number of carbonyl (C=O) groups is 2. The van der Waals surface area contributed by atoms with E-state index < -0.39 is 29.8 Å². The maximum atomic E-state index is 15.2. The van der Waals surface area contributed by atoms with Crippen LogP contribution < -0.4 is 19.8 Å². The number of alkyl halides is 1. The highest BCUT2D eigenvalue weighted by molar-refractivity contribution is 5.92. The number of aryl methyl sites for hydroxylation is 1. The van der Waals surface area contributed by atoms with Gasteiger partial charge in [0.2, 0.25) is 5.43 Å². The number of carboxylic acid groups (broad SMARTS) is 1. The van der Waals surface area contributed by atoms with Gasteiger partial charge in [-0.3, -0.25) is 9.59 Å². The molecule has 0 aliphatic carbocycles. The van der Waals surface area contributed by atoms with Crippen molar-refractivity contribution in [3.63, 3.8) is 0 Å². The number of pyridine rings is 1. The van der Waals surface area contributed by atoms with Crippen LogP contribution in [-0.2, 0) is 16.1 Å². The molecule has 1 aromatic carbocycles. The van der Waals surface area contributed by atoms with Crippen molar-refractivity contribution in [3.05, 3.63) is 28.3 Å². The maximum absolute atomic E-state index is 15.2. The predicted molar refractivity (Wildman–Crippen MR) is 111 cm³/mol. The molecule has 1 N–H and O–H groups in total. The SMILES string of the molecule is CCOC(=O)C1CCN(c2c(F)cc3c(=O)c(OC(=O)O)cn(CCF)c3c2OC)CC1. The van der Waals surface area contributed by atoms with Crippen molar-refractivity contribution in [1.29, 1.82) is 0 Å². The topological polar surface area (TPSA) is 107 Å². The van der Waals surface area contributed by atoms with E-state index in [2.05, 4.69) is 4.74 Å². The summed E-state index contributed by atoms with van der Waals surface area (Å²) in [5.41, 5.74) is -0.652. The smallest absolute Gasteiger partial charge is 0.492 e. The second-order valence-corrected chi connectivity index (χ2v) is 7.22. The van der Waals surface area contributed by atoms with Crippen molar-refractivity contribution in [2.24, 2.45) is 5.92 Å². The summed E-state index contributed by atoms with van der Waals surface area (Å²) in [7, 11) is 1.30. The predicted octanol–water partition coefficient (Wildman–Crippen LogP) is 2.96. The van der Waals surface area contributed by atoms with Gasteiger partial charge in [-0.25, -0.2) is 13.6 Å². The van der Waals surface area contributed by atoms with E-state index in [0.717, 1.165) is 12.3 Å². The number of hydrogen-bond donors (Lipinski definition) is 1. The third-order valence-electron chi connectivity index (χ3n) is 5.37. The number of fused-ring (bicyclic) bond motifs is 1. The molecule has 2 heterocycles. The Morgan fingerprint density at radius 1 is 1.28 bits per heavy atom. The Balaban J connectivity index is 2.10. The minimum absolute atomic E-state index is 0.0157. The molecule has 0 saturated carbocycles. The average molecular weight is 454 g/mol. The molecule has 0 amide bonds. The molecule has 1 aliphatic heterocycles. The Bertz CT molecular complexity index is 1080. The molecular weight excluding hydrogens is 430 g/mol. The van der Waals surface area contributed by atoms with Crippen LogP contribution in [0.4, 0.5) is 19.3 Å². The number of aromatic nitrogens is 1. The average Bonchev–Trinajstić information content (AvgIpc) is 2.76. The second-order valence-electron chi connectivity index (χ2n) is 7.22. The number of carbonyl (C=O) groups excluding carboxylic acids is 1. The van der Waals surface area contributed by atoms with Crippen LogP contribution in [0.5, 0.6) is 11.5 Å². The molecule has 32 heavy (non-hydrogen) atoms. The molecule has 174 valence electrons. The summed E-state index contributed by atoms with van der Waals surface area (Å²) in [6, 6.07) is 0.969. The van der Waals surface area contributed by atoms with E-state index in [9.17, 15) is 18.8 Å². The quantitative estimate of drug-likeness (QED) is 0.637. The molecule has 9 nitrogen and oxygen atoms in total. The lowest BCUT2D eigenvalue weighted by Crippen LogP contribution is -2.37. The Morgan fingerprint density at radius 2 is 1.97 bits per heavy atom. The first kappa shape index (κ1) is 23.3. The summed E-state index contributed by atoms with van der Waals surface area (Å²) in [6.07, 6.45) is 0.238. The van der Waals surface area contributed by atoms with Gasteiger partial charge in [0, 0.05) is 13.1 Å². The van der Waals surface area contributed by atoms with E-state index in [1.165, 1.54) is 11.7 Å². The van der Waals surface area contributed by atoms with Crippen molar-refractivity contribution >= 4 is 28.7 Å². The van der Waals surface area contributed by atoms with E-state index in [1.807, 2.05) is 0 Å². The molecule has 11 heteroatoms. The fourth-order valence-electron chi connectivity index (χ4n) is 3.98. The number of anilines is 1. The highest BCUT2D eigenvalue weighted by Gasteiger charge is 2.31. The summed E-state index contributed by atoms with van der Waals surface area (Å²) < 4.78 is 44.7. The van der Waals surface area contributed by atoms with Crippen LogP contribution in [-0.4, -0.2) is 55.3 Å². The van der Waals surface area contributed by atoms with Crippen LogP contribution in [0.2, 0.25) is 0 Å². The molecule has 1 fully saturated rings. The van der Waals surface area contributed by atoms with E-state index in [4.69, 9.17) is 14.6 Å². The number of halogens is 2. The minimum atomic E-state index is -1.72. The van der Waals surface area contributed by atoms with E-state index in [1.54, 1.807) is 11.8 Å². The molecule has 1 saturated heterocycles. The van der Waals surface area contributed by atoms with Crippen molar-refractivity contribution in [3.8, 4) is 11.5 Å². The van der Waals surface area contributed by atoms with Crippen molar-refractivity contribution in [2.45, 2.75) is 26.3 Å². The summed E-state index contributed by atoms with van der Waals surface area (Å²) in [4.78, 5) is 37.3. The van der Waals surface area contributed by atoms with Gasteiger partial charge in [0.05, 0.1) is 43.3 Å². The van der Waals surface area contributed by atoms with Crippen LogP contribution in [0, 0.1) is 11.7 Å². The third kappa shape index (κ3) is 4.46. The number of ether oxygens (including phenoxy) is 3. The molecule has 1 aromatic heterocycles.